The van der Waals surface area contributed by atoms with Crippen molar-refractivity contribution in [2.45, 2.75) is 97.4 Å². The van der Waals surface area contributed by atoms with Crippen LogP contribution < -0.4 is 21.3 Å². The molecule has 2 saturated heterocycles. The lowest BCUT2D eigenvalue weighted by Gasteiger charge is -2.47. The van der Waals surface area contributed by atoms with Crippen LogP contribution >= 0.6 is 0 Å². The highest BCUT2D eigenvalue weighted by atomic mass is 16.2. The van der Waals surface area contributed by atoms with Crippen LogP contribution in [0.2, 0.25) is 0 Å². The highest BCUT2D eigenvalue weighted by Crippen LogP contribution is 2.27. The first-order valence-electron chi connectivity index (χ1n) is 14.3. The lowest BCUT2D eigenvalue weighted by Crippen LogP contribution is -2.67. The van der Waals surface area contributed by atoms with Gasteiger partial charge >= 0.3 is 0 Å². The van der Waals surface area contributed by atoms with E-state index in [1.807, 2.05) is 20.8 Å². The average Bonchev–Trinajstić information content (AvgIpc) is 3.08. The van der Waals surface area contributed by atoms with Gasteiger partial charge in [0.15, 0.2) is 0 Å². The van der Waals surface area contributed by atoms with Gasteiger partial charge in [-0.15, -0.1) is 0 Å². The van der Waals surface area contributed by atoms with Crippen molar-refractivity contribution in [2.75, 3.05) is 13.1 Å². The van der Waals surface area contributed by atoms with Gasteiger partial charge in [-0.05, 0) is 49.8 Å². The number of Topliss-reactive ketones (excluding diaryl/α,β-unsaturated/α-hetero) is 1. The fourth-order valence-corrected chi connectivity index (χ4v) is 5.29. The van der Waals surface area contributed by atoms with Crippen molar-refractivity contribution in [1.29, 1.82) is 0 Å². The molecule has 0 spiro atoms. The first-order chi connectivity index (χ1) is 18.8. The molecular formula is C30H45N5O5. The molecule has 4 N–H and O–H groups in total. The molecule has 2 aliphatic heterocycles. The third-order valence-corrected chi connectivity index (χ3v) is 7.79. The summed E-state index contributed by atoms with van der Waals surface area (Å²) in [7, 11) is 0. The molecule has 2 fully saturated rings. The van der Waals surface area contributed by atoms with Crippen molar-refractivity contribution in [2.24, 2.45) is 11.3 Å². The fourth-order valence-electron chi connectivity index (χ4n) is 5.29. The predicted octanol–water partition coefficient (Wildman–Crippen LogP) is 1.79. The van der Waals surface area contributed by atoms with Crippen molar-refractivity contribution in [3.8, 4) is 0 Å². The number of benzene rings is 1. The second-order valence-corrected chi connectivity index (χ2v) is 12.5. The molecule has 0 radical (unpaired) electrons. The number of amides is 4. The Morgan fingerprint density at radius 3 is 2.17 bits per heavy atom. The fraction of sp³-hybridized carbons (Fsp3) is 0.633. The molecule has 5 atom stereocenters. The minimum absolute atomic E-state index is 0.0586. The Morgan fingerprint density at radius 1 is 0.875 bits per heavy atom. The molecule has 10 nitrogen and oxygen atoms in total. The van der Waals surface area contributed by atoms with Crippen LogP contribution in [0.25, 0.3) is 0 Å². The van der Waals surface area contributed by atoms with Gasteiger partial charge in [-0.3, -0.25) is 28.9 Å². The van der Waals surface area contributed by atoms with Crippen molar-refractivity contribution >= 4 is 29.4 Å². The molecule has 10 heteroatoms. The standard InChI is InChI=1S/C30H45N5O5/c1-18(2)23(24(36)28(39)32-21-17-35-16-12-8-11-15-22(21)35)33-26(37)19(3)31-29(40)25(30(4,5)6)34-27(38)20-13-9-7-10-14-20/h7,9-10,13-14,18-19,21-23,25H,8,11-12,15-17H2,1-6H3,(H,31,40)(H,32,39)(H,33,37)(H,34,38)/t19-,21+,22?,23-,25+/m0/s1. The van der Waals surface area contributed by atoms with Gasteiger partial charge in [0, 0.05) is 18.2 Å². The van der Waals surface area contributed by atoms with Crippen molar-refractivity contribution in [1.82, 2.24) is 26.2 Å². The monoisotopic (exact) mass is 555 g/mol. The van der Waals surface area contributed by atoms with E-state index in [-0.39, 0.29) is 18.0 Å². The number of fused-ring (bicyclic) bond motifs is 1. The molecule has 0 bridgehead atoms. The van der Waals surface area contributed by atoms with Gasteiger partial charge in [0.05, 0.1) is 12.1 Å². The first-order valence-corrected chi connectivity index (χ1v) is 14.3. The van der Waals surface area contributed by atoms with E-state index in [9.17, 15) is 24.0 Å². The summed E-state index contributed by atoms with van der Waals surface area (Å²) in [6.45, 7) is 12.2. The molecule has 1 aromatic rings. The van der Waals surface area contributed by atoms with Crippen LogP contribution in [0.1, 0.15) is 77.6 Å². The Kier molecular flexibility index (Phi) is 10.5. The Morgan fingerprint density at radius 2 is 1.55 bits per heavy atom. The zero-order chi connectivity index (χ0) is 29.6. The second kappa shape index (κ2) is 13.4. The molecule has 4 amide bonds. The number of carbonyl (C=O) groups is 5. The molecular weight excluding hydrogens is 510 g/mol. The van der Waals surface area contributed by atoms with Crippen LogP contribution in [0.5, 0.6) is 0 Å². The highest BCUT2D eigenvalue weighted by molar-refractivity contribution is 6.38. The number of ketones is 1. The number of nitrogens with zero attached hydrogens (tertiary/aromatic N) is 1. The molecule has 1 unspecified atom stereocenters. The van der Waals surface area contributed by atoms with Gasteiger partial charge in [-0.2, -0.15) is 0 Å². The molecule has 0 aromatic heterocycles. The topological polar surface area (TPSA) is 137 Å². The number of nitrogens with one attached hydrogen (secondary N) is 4. The van der Waals surface area contributed by atoms with Crippen LogP contribution in [0.15, 0.2) is 30.3 Å². The molecule has 40 heavy (non-hydrogen) atoms. The molecule has 3 rings (SSSR count). The van der Waals surface area contributed by atoms with Gasteiger partial charge in [0.25, 0.3) is 11.8 Å². The summed E-state index contributed by atoms with van der Waals surface area (Å²) in [6.07, 6.45) is 4.45. The molecule has 220 valence electrons. The van der Waals surface area contributed by atoms with Gasteiger partial charge < -0.3 is 21.3 Å². The molecule has 2 aliphatic rings. The number of hydrogen-bond acceptors (Lipinski definition) is 6. The summed E-state index contributed by atoms with van der Waals surface area (Å²) in [4.78, 5) is 67.3. The van der Waals surface area contributed by atoms with E-state index in [1.165, 1.54) is 13.3 Å². The van der Waals surface area contributed by atoms with Crippen LogP contribution in [-0.4, -0.2) is 77.6 Å². The maximum absolute atomic E-state index is 13.2. The van der Waals surface area contributed by atoms with Crippen molar-refractivity contribution in [3.05, 3.63) is 35.9 Å². The van der Waals surface area contributed by atoms with Crippen LogP contribution in [0, 0.1) is 11.3 Å². The molecule has 2 heterocycles. The van der Waals surface area contributed by atoms with E-state index in [1.54, 1.807) is 44.2 Å². The Balaban J connectivity index is 1.58. The van der Waals surface area contributed by atoms with Crippen molar-refractivity contribution < 1.29 is 24.0 Å². The summed E-state index contributed by atoms with van der Waals surface area (Å²) < 4.78 is 0. The maximum Gasteiger partial charge on any atom is 0.289 e. The smallest absolute Gasteiger partial charge is 0.289 e. The van der Waals surface area contributed by atoms with Gasteiger partial charge in [-0.1, -0.05) is 65.7 Å². The number of hydrogen-bond donors (Lipinski definition) is 4. The number of carbonyl (C=O) groups excluding carboxylic acids is 5. The van der Waals surface area contributed by atoms with E-state index in [4.69, 9.17) is 0 Å². The summed E-state index contributed by atoms with van der Waals surface area (Å²) in [5.74, 6) is -3.25. The van der Waals surface area contributed by atoms with E-state index in [2.05, 4.69) is 26.2 Å². The minimum atomic E-state index is -1.03. The van der Waals surface area contributed by atoms with E-state index in [0.717, 1.165) is 32.4 Å². The summed E-state index contributed by atoms with van der Waals surface area (Å²) in [6, 6.07) is 5.81. The molecule has 0 saturated carbocycles. The average molecular weight is 556 g/mol. The molecule has 0 aliphatic carbocycles. The van der Waals surface area contributed by atoms with E-state index < -0.39 is 53.0 Å². The summed E-state index contributed by atoms with van der Waals surface area (Å²) >= 11 is 0. The lowest BCUT2D eigenvalue weighted by atomic mass is 9.85. The zero-order valence-corrected chi connectivity index (χ0v) is 24.6. The maximum atomic E-state index is 13.2. The number of rotatable bonds is 10. The Bertz CT molecular complexity index is 1080. The quantitative estimate of drug-likeness (QED) is 0.325. The Hall–Kier alpha value is -3.27. The minimum Gasteiger partial charge on any atom is -0.344 e. The predicted molar refractivity (Wildman–Crippen MR) is 152 cm³/mol. The van der Waals surface area contributed by atoms with Gasteiger partial charge in [0.1, 0.15) is 12.1 Å². The van der Waals surface area contributed by atoms with E-state index in [0.29, 0.717) is 5.56 Å². The van der Waals surface area contributed by atoms with E-state index >= 15 is 0 Å². The van der Waals surface area contributed by atoms with Gasteiger partial charge in [0.2, 0.25) is 17.6 Å². The third-order valence-electron chi connectivity index (χ3n) is 7.79. The summed E-state index contributed by atoms with van der Waals surface area (Å²) in [5.41, 5.74) is -0.228. The third kappa shape index (κ3) is 7.90. The van der Waals surface area contributed by atoms with Crippen molar-refractivity contribution in [3.63, 3.8) is 0 Å². The van der Waals surface area contributed by atoms with Gasteiger partial charge in [-0.25, -0.2) is 0 Å². The first kappa shape index (κ1) is 31.3. The van der Waals surface area contributed by atoms with Crippen LogP contribution in [0.3, 0.4) is 0 Å². The Labute approximate surface area is 237 Å². The SMILES string of the molecule is CC(C)[C@H](NC(=O)[C@H](C)NC(=O)[C@@H](NC(=O)c1ccccc1)C(C)(C)C)C(=O)C(=O)N[C@@H]1CN2CCCCCC12. The normalized spacial score (nSPS) is 21.5. The lowest BCUT2D eigenvalue weighted by molar-refractivity contribution is -0.142. The summed E-state index contributed by atoms with van der Waals surface area (Å²) in [5, 5.41) is 11.0. The van der Waals surface area contributed by atoms with Crippen LogP contribution in [-0.2, 0) is 19.2 Å². The largest absolute Gasteiger partial charge is 0.344 e. The zero-order valence-electron chi connectivity index (χ0n) is 24.6. The second-order valence-electron chi connectivity index (χ2n) is 12.5. The van der Waals surface area contributed by atoms with Crippen LogP contribution in [0.4, 0.5) is 0 Å². The highest BCUT2D eigenvalue weighted by Gasteiger charge is 2.42. The molecule has 1 aromatic carbocycles.